The van der Waals surface area contributed by atoms with Gasteiger partial charge in [-0.05, 0) is 26.0 Å². The predicted molar refractivity (Wildman–Crippen MR) is 128 cm³/mol. The van der Waals surface area contributed by atoms with E-state index in [0.29, 0.717) is 61.3 Å². The molecule has 1 unspecified atom stereocenters. The Bertz CT molecular complexity index is 1010. The average molecular weight is 470 g/mol. The van der Waals surface area contributed by atoms with E-state index >= 15 is 0 Å². The van der Waals surface area contributed by atoms with Gasteiger partial charge in [-0.15, -0.1) is 0 Å². The molecule has 3 amide bonds. The van der Waals surface area contributed by atoms with E-state index in [1.165, 1.54) is 0 Å². The summed E-state index contributed by atoms with van der Waals surface area (Å²) in [6.45, 7) is 5.58. The van der Waals surface area contributed by atoms with Crippen LogP contribution in [0.15, 0.2) is 42.5 Å². The molecule has 1 atom stereocenters. The maximum absolute atomic E-state index is 13.0. The summed E-state index contributed by atoms with van der Waals surface area (Å²) in [4.78, 5) is 39.5. The van der Waals surface area contributed by atoms with Crippen molar-refractivity contribution in [1.82, 2.24) is 4.90 Å². The van der Waals surface area contributed by atoms with Crippen LogP contribution in [-0.4, -0.2) is 62.6 Å². The van der Waals surface area contributed by atoms with Crippen molar-refractivity contribution in [2.45, 2.75) is 20.3 Å². The largest absolute Gasteiger partial charge is 0.492 e. The van der Waals surface area contributed by atoms with Gasteiger partial charge in [0.05, 0.1) is 37.1 Å². The van der Waals surface area contributed by atoms with Crippen molar-refractivity contribution in [1.29, 1.82) is 0 Å². The fourth-order valence-electron chi connectivity index (χ4n) is 3.69. The van der Waals surface area contributed by atoms with Gasteiger partial charge >= 0.3 is 0 Å². The van der Waals surface area contributed by atoms with Crippen molar-refractivity contribution in [3.8, 4) is 11.5 Å². The highest BCUT2D eigenvalue weighted by molar-refractivity contribution is 6.06. The van der Waals surface area contributed by atoms with Crippen molar-refractivity contribution in [2.75, 3.05) is 50.7 Å². The smallest absolute Gasteiger partial charge is 0.255 e. The molecule has 34 heavy (non-hydrogen) atoms. The molecular weight excluding hydrogens is 438 g/mol. The molecule has 2 aromatic carbocycles. The van der Waals surface area contributed by atoms with Crippen LogP contribution in [0.2, 0.25) is 0 Å². The van der Waals surface area contributed by atoms with Gasteiger partial charge in [-0.3, -0.25) is 14.4 Å². The van der Waals surface area contributed by atoms with Crippen LogP contribution in [-0.2, 0) is 14.3 Å². The average Bonchev–Trinajstić information content (AvgIpc) is 3.21. The zero-order chi connectivity index (χ0) is 24.5. The molecule has 2 aromatic rings. The fourth-order valence-corrected chi connectivity index (χ4v) is 3.69. The first-order chi connectivity index (χ1) is 16.5. The topological polar surface area (TPSA) is 106 Å². The summed E-state index contributed by atoms with van der Waals surface area (Å²) < 4.78 is 16.5. The van der Waals surface area contributed by atoms with Crippen LogP contribution in [0, 0.1) is 5.92 Å². The molecule has 2 N–H and O–H groups in total. The molecule has 0 aromatic heterocycles. The van der Waals surface area contributed by atoms with E-state index in [1.54, 1.807) is 48.4 Å². The van der Waals surface area contributed by atoms with Crippen LogP contribution < -0.4 is 20.1 Å². The number of benzene rings is 2. The Kier molecular flexibility index (Phi) is 8.86. The third-order valence-electron chi connectivity index (χ3n) is 5.37. The normalized spacial score (nSPS) is 15.2. The highest BCUT2D eigenvalue weighted by Gasteiger charge is 2.34. The zero-order valence-electron chi connectivity index (χ0n) is 19.8. The van der Waals surface area contributed by atoms with Crippen molar-refractivity contribution < 1.29 is 28.6 Å². The number of hydrogen-bond donors (Lipinski definition) is 2. The molecule has 1 saturated heterocycles. The Morgan fingerprint density at radius 3 is 2.21 bits per heavy atom. The second kappa shape index (κ2) is 12.0. The highest BCUT2D eigenvalue weighted by atomic mass is 16.5. The molecule has 9 heteroatoms. The van der Waals surface area contributed by atoms with Crippen LogP contribution >= 0.6 is 0 Å². The predicted octanol–water partition coefficient (Wildman–Crippen LogP) is 3.17. The van der Waals surface area contributed by atoms with E-state index in [2.05, 4.69) is 10.6 Å². The summed E-state index contributed by atoms with van der Waals surface area (Å²) in [5.74, 6) is -0.333. The Hall–Kier alpha value is -3.59. The van der Waals surface area contributed by atoms with Crippen molar-refractivity contribution >= 4 is 29.1 Å². The van der Waals surface area contributed by atoms with Gasteiger partial charge in [0.25, 0.3) is 5.91 Å². The number of carbonyl (C=O) groups excluding carboxylic acids is 3. The molecule has 0 spiro atoms. The van der Waals surface area contributed by atoms with Crippen molar-refractivity contribution in [3.05, 3.63) is 48.0 Å². The monoisotopic (exact) mass is 469 g/mol. The molecular formula is C25H31N3O6. The summed E-state index contributed by atoms with van der Waals surface area (Å²) in [5.41, 5.74) is 1.35. The Morgan fingerprint density at radius 2 is 1.62 bits per heavy atom. The van der Waals surface area contributed by atoms with Gasteiger partial charge < -0.3 is 29.7 Å². The van der Waals surface area contributed by atoms with E-state index in [1.807, 2.05) is 19.9 Å². The minimum absolute atomic E-state index is 0.0730. The second-order valence-corrected chi connectivity index (χ2v) is 7.75. The minimum Gasteiger partial charge on any atom is -0.492 e. The van der Waals surface area contributed by atoms with Crippen LogP contribution in [0.25, 0.3) is 0 Å². The van der Waals surface area contributed by atoms with E-state index < -0.39 is 5.92 Å². The third kappa shape index (κ3) is 6.26. The Labute approximate surface area is 199 Å². The van der Waals surface area contributed by atoms with E-state index in [-0.39, 0.29) is 24.1 Å². The number of nitrogens with one attached hydrogen (secondary N) is 2. The lowest BCUT2D eigenvalue weighted by Crippen LogP contribution is -2.30. The number of carbonyl (C=O) groups is 3. The summed E-state index contributed by atoms with van der Waals surface area (Å²) >= 11 is 0. The summed E-state index contributed by atoms with van der Waals surface area (Å²) in [5, 5.41) is 5.74. The van der Waals surface area contributed by atoms with Gasteiger partial charge in [0.2, 0.25) is 11.8 Å². The molecule has 0 aliphatic carbocycles. The number of hydrogen-bond acceptors (Lipinski definition) is 6. The highest BCUT2D eigenvalue weighted by Crippen LogP contribution is 2.37. The SMILES string of the molecule is CCOc1cc(NC(=O)C2CC(=O)N(CCOC)C2)c(OCC)cc1NC(=O)c1ccccc1. The van der Waals surface area contributed by atoms with Crippen LogP contribution in [0.3, 0.4) is 0 Å². The summed E-state index contributed by atoms with van der Waals surface area (Å²) in [6.07, 6.45) is 0.142. The first-order valence-corrected chi connectivity index (χ1v) is 11.3. The van der Waals surface area contributed by atoms with Crippen LogP contribution in [0.1, 0.15) is 30.6 Å². The number of ether oxygens (including phenoxy) is 3. The molecule has 0 bridgehead atoms. The number of likely N-dealkylation sites (tertiary alicyclic amines) is 1. The second-order valence-electron chi connectivity index (χ2n) is 7.75. The minimum atomic E-state index is -0.480. The maximum atomic E-state index is 13.0. The lowest BCUT2D eigenvalue weighted by Gasteiger charge is -2.19. The van der Waals surface area contributed by atoms with Crippen LogP contribution in [0.4, 0.5) is 11.4 Å². The number of nitrogens with zero attached hydrogens (tertiary/aromatic N) is 1. The molecule has 1 aliphatic rings. The molecule has 1 aliphatic heterocycles. The maximum Gasteiger partial charge on any atom is 0.255 e. The number of anilines is 2. The molecule has 0 radical (unpaired) electrons. The first-order valence-electron chi connectivity index (χ1n) is 11.3. The van der Waals surface area contributed by atoms with Gasteiger partial charge in [0, 0.05) is 44.3 Å². The van der Waals surface area contributed by atoms with Gasteiger partial charge in [-0.2, -0.15) is 0 Å². The quantitative estimate of drug-likeness (QED) is 0.524. The Balaban J connectivity index is 1.81. The molecule has 1 fully saturated rings. The van der Waals surface area contributed by atoms with E-state index in [9.17, 15) is 14.4 Å². The number of methoxy groups -OCH3 is 1. The van der Waals surface area contributed by atoms with Gasteiger partial charge in [0.15, 0.2) is 0 Å². The standard InChI is InChI=1S/C25H31N3O6/c1-4-33-21-15-20(27-25(31)18-13-23(29)28(16-18)11-12-32-3)22(34-5-2)14-19(21)26-24(30)17-9-7-6-8-10-17/h6-10,14-15,18H,4-5,11-13,16H2,1-3H3,(H,26,30)(H,27,31). The number of amides is 3. The molecule has 0 saturated carbocycles. The van der Waals surface area contributed by atoms with E-state index in [0.717, 1.165) is 0 Å². The molecule has 182 valence electrons. The Morgan fingerprint density at radius 1 is 1.00 bits per heavy atom. The van der Waals surface area contributed by atoms with E-state index in [4.69, 9.17) is 14.2 Å². The fraction of sp³-hybridized carbons (Fsp3) is 0.400. The van der Waals surface area contributed by atoms with Gasteiger partial charge in [-0.25, -0.2) is 0 Å². The third-order valence-corrected chi connectivity index (χ3v) is 5.37. The summed E-state index contributed by atoms with van der Waals surface area (Å²) in [7, 11) is 1.57. The lowest BCUT2D eigenvalue weighted by molar-refractivity contribution is -0.128. The van der Waals surface area contributed by atoms with Gasteiger partial charge in [0.1, 0.15) is 11.5 Å². The first kappa shape index (κ1) is 25.0. The van der Waals surface area contributed by atoms with Crippen LogP contribution in [0.5, 0.6) is 11.5 Å². The molecule has 3 rings (SSSR count). The molecule has 1 heterocycles. The van der Waals surface area contributed by atoms with Gasteiger partial charge in [-0.1, -0.05) is 18.2 Å². The van der Waals surface area contributed by atoms with Crippen molar-refractivity contribution in [2.24, 2.45) is 5.92 Å². The summed E-state index contributed by atoms with van der Waals surface area (Å²) in [6, 6.07) is 12.1. The zero-order valence-corrected chi connectivity index (χ0v) is 19.8. The molecule has 9 nitrogen and oxygen atoms in total. The number of rotatable bonds is 11. The van der Waals surface area contributed by atoms with Crippen molar-refractivity contribution in [3.63, 3.8) is 0 Å². The lowest BCUT2D eigenvalue weighted by atomic mass is 10.1.